The minimum Gasteiger partial charge on any atom is -0.497 e. The molecule has 1 saturated heterocycles. The van der Waals surface area contributed by atoms with Crippen molar-refractivity contribution in [1.82, 2.24) is 4.90 Å². The molecular weight excluding hydrogens is 356 g/mol. The van der Waals surface area contributed by atoms with Crippen molar-refractivity contribution in [2.45, 2.75) is 31.7 Å². The van der Waals surface area contributed by atoms with Gasteiger partial charge in [-0.25, -0.2) is 4.79 Å². The Kier molecular flexibility index (Phi) is 5.55. The van der Waals surface area contributed by atoms with E-state index in [0.717, 1.165) is 49.3 Å². The summed E-state index contributed by atoms with van der Waals surface area (Å²) in [5.41, 5.74) is 1.85. The van der Waals surface area contributed by atoms with E-state index < -0.39 is 0 Å². The number of rotatable bonds is 3. The van der Waals surface area contributed by atoms with Gasteiger partial charge in [-0.15, -0.1) is 0 Å². The first-order valence-electron chi connectivity index (χ1n) is 9.86. The summed E-state index contributed by atoms with van der Waals surface area (Å²) in [6.45, 7) is 1.82. The van der Waals surface area contributed by atoms with Gasteiger partial charge in [-0.2, -0.15) is 0 Å². The average Bonchev–Trinajstić information content (AvgIpc) is 3.00. The molecule has 1 atom stereocenters. The highest BCUT2D eigenvalue weighted by Crippen LogP contribution is 2.34. The molecule has 2 aromatic carbocycles. The molecule has 0 spiro atoms. The van der Waals surface area contributed by atoms with Crippen molar-refractivity contribution in [2.75, 3.05) is 32.2 Å². The molecular formula is C22H26N2O4. The minimum absolute atomic E-state index is 0.0608. The molecule has 6 heteroatoms. The molecule has 2 aromatic rings. The molecule has 0 radical (unpaired) electrons. The lowest BCUT2D eigenvalue weighted by atomic mass is 10.0. The number of amides is 2. The molecule has 0 aromatic heterocycles. The van der Waals surface area contributed by atoms with E-state index in [9.17, 15) is 4.79 Å². The van der Waals surface area contributed by atoms with Gasteiger partial charge in [-0.1, -0.05) is 25.0 Å². The van der Waals surface area contributed by atoms with Gasteiger partial charge in [0.25, 0.3) is 0 Å². The topological polar surface area (TPSA) is 60.0 Å². The number of carbonyl (C=O) groups excluding carboxylic acids is 1. The third-order valence-electron chi connectivity index (χ3n) is 5.31. The highest BCUT2D eigenvalue weighted by Gasteiger charge is 2.27. The van der Waals surface area contributed by atoms with Gasteiger partial charge < -0.3 is 24.4 Å². The van der Waals surface area contributed by atoms with Gasteiger partial charge in [0.05, 0.1) is 13.2 Å². The molecule has 4 rings (SSSR count). The number of nitrogens with zero attached hydrogens (tertiary/aromatic N) is 1. The number of likely N-dealkylation sites (tertiary alicyclic amines) is 1. The zero-order chi connectivity index (χ0) is 19.3. The smallest absolute Gasteiger partial charge is 0.322 e. The van der Waals surface area contributed by atoms with Crippen LogP contribution in [0.1, 0.15) is 37.3 Å². The van der Waals surface area contributed by atoms with Gasteiger partial charge in [0, 0.05) is 18.3 Å². The van der Waals surface area contributed by atoms with E-state index in [0.29, 0.717) is 24.7 Å². The van der Waals surface area contributed by atoms with E-state index in [2.05, 4.69) is 17.4 Å². The van der Waals surface area contributed by atoms with Gasteiger partial charge in [-0.3, -0.25) is 0 Å². The van der Waals surface area contributed by atoms with Crippen LogP contribution in [-0.2, 0) is 0 Å². The molecule has 2 aliphatic rings. The fraction of sp³-hybridized carbons (Fsp3) is 0.409. The molecule has 0 bridgehead atoms. The van der Waals surface area contributed by atoms with E-state index in [4.69, 9.17) is 14.2 Å². The minimum atomic E-state index is -0.0839. The molecule has 2 aliphatic heterocycles. The number of anilines is 1. The summed E-state index contributed by atoms with van der Waals surface area (Å²) in [6.07, 6.45) is 4.23. The quantitative estimate of drug-likeness (QED) is 0.842. The molecule has 1 fully saturated rings. The van der Waals surface area contributed by atoms with E-state index in [1.807, 2.05) is 35.2 Å². The number of benzene rings is 2. The summed E-state index contributed by atoms with van der Waals surface area (Å²) in [5, 5.41) is 3.04. The lowest BCUT2D eigenvalue weighted by molar-refractivity contribution is 0.171. The molecule has 2 amide bonds. The number of ether oxygens (including phenoxy) is 3. The molecule has 2 heterocycles. The highest BCUT2D eigenvalue weighted by atomic mass is 16.6. The zero-order valence-corrected chi connectivity index (χ0v) is 16.1. The van der Waals surface area contributed by atoms with Crippen LogP contribution in [0.3, 0.4) is 0 Å². The van der Waals surface area contributed by atoms with Gasteiger partial charge in [0.2, 0.25) is 0 Å². The lowest BCUT2D eigenvalue weighted by Gasteiger charge is -2.31. The first kappa shape index (κ1) is 18.5. The van der Waals surface area contributed by atoms with Crippen molar-refractivity contribution in [3.63, 3.8) is 0 Å². The Hall–Kier alpha value is -2.89. The largest absolute Gasteiger partial charge is 0.497 e. The number of urea groups is 1. The molecule has 0 aliphatic carbocycles. The molecule has 28 heavy (non-hydrogen) atoms. The number of hydrogen-bond acceptors (Lipinski definition) is 4. The van der Waals surface area contributed by atoms with E-state index in [1.54, 1.807) is 7.11 Å². The summed E-state index contributed by atoms with van der Waals surface area (Å²) in [6, 6.07) is 13.5. The maximum absolute atomic E-state index is 13.1. The fourth-order valence-electron chi connectivity index (χ4n) is 3.84. The third kappa shape index (κ3) is 4.01. The van der Waals surface area contributed by atoms with Crippen LogP contribution in [-0.4, -0.2) is 37.8 Å². The second-order valence-corrected chi connectivity index (χ2v) is 7.12. The van der Waals surface area contributed by atoms with E-state index >= 15 is 0 Å². The highest BCUT2D eigenvalue weighted by molar-refractivity contribution is 5.90. The first-order chi connectivity index (χ1) is 13.7. The van der Waals surface area contributed by atoms with Crippen LogP contribution < -0.4 is 19.5 Å². The summed E-state index contributed by atoms with van der Waals surface area (Å²) < 4.78 is 16.4. The van der Waals surface area contributed by atoms with Crippen LogP contribution in [0.25, 0.3) is 0 Å². The number of carbonyl (C=O) groups is 1. The van der Waals surface area contributed by atoms with Gasteiger partial charge in [0.1, 0.15) is 19.0 Å². The maximum atomic E-state index is 13.1. The number of fused-ring (bicyclic) bond motifs is 1. The van der Waals surface area contributed by atoms with Crippen LogP contribution >= 0.6 is 0 Å². The second kappa shape index (κ2) is 8.42. The Bertz CT molecular complexity index is 822. The predicted molar refractivity (Wildman–Crippen MR) is 107 cm³/mol. The van der Waals surface area contributed by atoms with Crippen molar-refractivity contribution in [3.8, 4) is 17.2 Å². The van der Waals surface area contributed by atoms with Gasteiger partial charge >= 0.3 is 6.03 Å². The predicted octanol–water partition coefficient (Wildman–Crippen LogP) is 4.62. The number of nitrogens with one attached hydrogen (secondary N) is 1. The summed E-state index contributed by atoms with van der Waals surface area (Å²) in [7, 11) is 1.66. The van der Waals surface area contributed by atoms with Crippen molar-refractivity contribution >= 4 is 11.7 Å². The van der Waals surface area contributed by atoms with Crippen molar-refractivity contribution < 1.29 is 19.0 Å². The second-order valence-electron chi connectivity index (χ2n) is 7.12. The Morgan fingerprint density at radius 3 is 2.61 bits per heavy atom. The van der Waals surface area contributed by atoms with Crippen molar-refractivity contribution in [3.05, 3.63) is 48.0 Å². The SMILES string of the molecule is COc1ccc(C2CCCCCN2C(=O)Nc2ccc3c(c2)OCCO3)cc1. The van der Waals surface area contributed by atoms with Gasteiger partial charge in [0.15, 0.2) is 11.5 Å². The Labute approximate surface area is 165 Å². The molecule has 1 N–H and O–H groups in total. The van der Waals surface area contributed by atoms with Crippen LogP contribution in [0.2, 0.25) is 0 Å². The normalized spacial score (nSPS) is 18.9. The van der Waals surface area contributed by atoms with Crippen LogP contribution in [0.15, 0.2) is 42.5 Å². The van der Waals surface area contributed by atoms with Crippen LogP contribution in [0, 0.1) is 0 Å². The Morgan fingerprint density at radius 2 is 1.82 bits per heavy atom. The van der Waals surface area contributed by atoms with Gasteiger partial charge in [-0.05, 0) is 42.7 Å². The van der Waals surface area contributed by atoms with Crippen LogP contribution in [0.5, 0.6) is 17.2 Å². The zero-order valence-electron chi connectivity index (χ0n) is 16.1. The molecule has 148 valence electrons. The third-order valence-corrected chi connectivity index (χ3v) is 5.31. The lowest BCUT2D eigenvalue weighted by Crippen LogP contribution is -2.38. The van der Waals surface area contributed by atoms with Crippen molar-refractivity contribution in [2.24, 2.45) is 0 Å². The number of hydrogen-bond donors (Lipinski definition) is 1. The Morgan fingerprint density at radius 1 is 1.04 bits per heavy atom. The monoisotopic (exact) mass is 382 g/mol. The van der Waals surface area contributed by atoms with E-state index in [1.165, 1.54) is 0 Å². The van der Waals surface area contributed by atoms with E-state index in [-0.39, 0.29) is 12.1 Å². The summed E-state index contributed by atoms with van der Waals surface area (Å²) in [4.78, 5) is 15.1. The number of methoxy groups -OCH3 is 1. The fourth-order valence-corrected chi connectivity index (χ4v) is 3.84. The molecule has 0 saturated carbocycles. The average molecular weight is 382 g/mol. The summed E-state index contributed by atoms with van der Waals surface area (Å²) in [5.74, 6) is 2.21. The first-order valence-corrected chi connectivity index (χ1v) is 9.86. The van der Waals surface area contributed by atoms with Crippen LogP contribution in [0.4, 0.5) is 10.5 Å². The summed E-state index contributed by atoms with van der Waals surface area (Å²) >= 11 is 0. The molecule has 6 nitrogen and oxygen atoms in total. The van der Waals surface area contributed by atoms with Crippen molar-refractivity contribution in [1.29, 1.82) is 0 Å². The standard InChI is InChI=1S/C22H26N2O4/c1-26-18-9-6-16(7-10-18)19-5-3-2-4-12-24(19)22(25)23-17-8-11-20-21(15-17)28-14-13-27-20/h6-11,15,19H,2-5,12-14H2,1H3,(H,23,25). The molecule has 1 unspecified atom stereocenters. The Balaban J connectivity index is 1.52. The maximum Gasteiger partial charge on any atom is 0.322 e.